The van der Waals surface area contributed by atoms with E-state index in [1.807, 2.05) is 52.3 Å². The first-order valence-corrected chi connectivity index (χ1v) is 10.7. The van der Waals surface area contributed by atoms with Crippen molar-refractivity contribution < 1.29 is 9.59 Å². The van der Waals surface area contributed by atoms with Crippen molar-refractivity contribution in [3.05, 3.63) is 59.7 Å². The topological polar surface area (TPSA) is 52.7 Å². The number of fused-ring (bicyclic) bond motifs is 1. The minimum absolute atomic E-state index is 0.0712. The fourth-order valence-corrected chi connectivity index (χ4v) is 4.25. The largest absolute Gasteiger partial charge is 0.376 e. The Bertz CT molecular complexity index is 855. The number of hydrogen-bond acceptors (Lipinski definition) is 3. The maximum Gasteiger partial charge on any atom is 0.253 e. The van der Waals surface area contributed by atoms with Crippen molar-refractivity contribution in [1.29, 1.82) is 0 Å². The quantitative estimate of drug-likeness (QED) is 0.854. The molecule has 2 heterocycles. The molecule has 152 valence electrons. The van der Waals surface area contributed by atoms with Gasteiger partial charge in [-0.2, -0.15) is 0 Å². The van der Waals surface area contributed by atoms with Crippen LogP contribution in [0.1, 0.15) is 48.0 Å². The van der Waals surface area contributed by atoms with Crippen molar-refractivity contribution in [2.24, 2.45) is 0 Å². The first-order chi connectivity index (χ1) is 14.2. The maximum absolute atomic E-state index is 12.8. The Labute approximate surface area is 172 Å². The summed E-state index contributed by atoms with van der Waals surface area (Å²) in [5.74, 6) is 0.182. The van der Waals surface area contributed by atoms with E-state index in [1.54, 1.807) is 0 Å². The molecule has 1 N–H and O–H groups in total. The maximum atomic E-state index is 12.8. The molecule has 2 amide bonds. The third-order valence-corrected chi connectivity index (χ3v) is 5.88. The number of para-hydroxylation sites is 1. The Balaban J connectivity index is 1.35. The Hall–Kier alpha value is -2.82. The number of carbonyl (C=O) groups excluding carboxylic acids is 2. The van der Waals surface area contributed by atoms with Gasteiger partial charge in [-0.05, 0) is 61.6 Å². The molecule has 0 aliphatic carbocycles. The molecule has 0 radical (unpaired) electrons. The first kappa shape index (κ1) is 19.5. The summed E-state index contributed by atoms with van der Waals surface area (Å²) < 4.78 is 0. The number of anilines is 2. The smallest absolute Gasteiger partial charge is 0.253 e. The van der Waals surface area contributed by atoms with Crippen molar-refractivity contribution in [1.82, 2.24) is 4.90 Å². The van der Waals surface area contributed by atoms with Crippen molar-refractivity contribution in [3.63, 3.8) is 0 Å². The van der Waals surface area contributed by atoms with Crippen molar-refractivity contribution in [2.75, 3.05) is 36.4 Å². The van der Waals surface area contributed by atoms with E-state index in [-0.39, 0.29) is 18.4 Å². The standard InChI is InChI=1S/C24H29N3O2/c28-23(27-17-7-9-19-8-3-4-10-22(19)27)18-25-21-13-11-20(12-14-21)24(29)26-15-5-1-2-6-16-26/h3-4,8,10-14,25H,1-2,5-7,9,15-18H2. The number of nitrogens with one attached hydrogen (secondary N) is 1. The number of aryl methyl sites for hydroxylation is 1. The molecule has 2 aliphatic rings. The lowest BCUT2D eigenvalue weighted by atomic mass is 10.0. The molecule has 5 heteroatoms. The van der Waals surface area contributed by atoms with Gasteiger partial charge in [0, 0.05) is 36.6 Å². The molecule has 0 spiro atoms. The van der Waals surface area contributed by atoms with Crippen LogP contribution < -0.4 is 10.2 Å². The predicted molar refractivity (Wildman–Crippen MR) is 116 cm³/mol. The van der Waals surface area contributed by atoms with Gasteiger partial charge in [0.2, 0.25) is 5.91 Å². The molecule has 0 atom stereocenters. The van der Waals surface area contributed by atoms with E-state index < -0.39 is 0 Å². The number of nitrogens with zero attached hydrogens (tertiary/aromatic N) is 2. The minimum atomic E-state index is 0.0712. The van der Waals surface area contributed by atoms with E-state index in [1.165, 1.54) is 18.4 Å². The van der Waals surface area contributed by atoms with Gasteiger partial charge in [0.25, 0.3) is 5.91 Å². The zero-order valence-corrected chi connectivity index (χ0v) is 16.9. The van der Waals surface area contributed by atoms with Crippen LogP contribution in [0.15, 0.2) is 48.5 Å². The summed E-state index contributed by atoms with van der Waals surface area (Å²) in [5, 5.41) is 3.21. The summed E-state index contributed by atoms with van der Waals surface area (Å²) >= 11 is 0. The average Bonchev–Trinajstić information content (AvgIpc) is 3.06. The van der Waals surface area contributed by atoms with E-state index in [0.717, 1.165) is 56.7 Å². The molecule has 2 aliphatic heterocycles. The number of carbonyl (C=O) groups is 2. The zero-order valence-electron chi connectivity index (χ0n) is 16.9. The van der Waals surface area contributed by atoms with Crippen LogP contribution in [0.4, 0.5) is 11.4 Å². The van der Waals surface area contributed by atoms with Gasteiger partial charge in [-0.25, -0.2) is 0 Å². The van der Waals surface area contributed by atoms with Gasteiger partial charge in [0.15, 0.2) is 0 Å². The van der Waals surface area contributed by atoms with Crippen LogP contribution in [-0.2, 0) is 11.2 Å². The normalized spacial score (nSPS) is 16.7. The Morgan fingerprint density at radius 2 is 1.55 bits per heavy atom. The molecule has 0 aromatic heterocycles. The van der Waals surface area contributed by atoms with Crippen molar-refractivity contribution >= 4 is 23.2 Å². The summed E-state index contributed by atoms with van der Waals surface area (Å²) in [6.07, 6.45) is 6.63. The van der Waals surface area contributed by atoms with Gasteiger partial charge in [-0.3, -0.25) is 9.59 Å². The second-order valence-electron chi connectivity index (χ2n) is 7.91. The monoisotopic (exact) mass is 391 g/mol. The molecular formula is C24H29N3O2. The third kappa shape index (κ3) is 4.61. The highest BCUT2D eigenvalue weighted by Gasteiger charge is 2.22. The Morgan fingerprint density at radius 1 is 0.828 bits per heavy atom. The second kappa shape index (κ2) is 9.12. The molecule has 0 saturated carbocycles. The molecule has 4 rings (SSSR count). The van der Waals surface area contributed by atoms with Crippen molar-refractivity contribution in [3.8, 4) is 0 Å². The first-order valence-electron chi connectivity index (χ1n) is 10.7. The van der Waals surface area contributed by atoms with Crippen LogP contribution in [0.25, 0.3) is 0 Å². The fraction of sp³-hybridized carbons (Fsp3) is 0.417. The van der Waals surface area contributed by atoms with Gasteiger partial charge in [0.1, 0.15) is 0 Å². The van der Waals surface area contributed by atoms with E-state index >= 15 is 0 Å². The minimum Gasteiger partial charge on any atom is -0.376 e. The number of hydrogen-bond donors (Lipinski definition) is 1. The van der Waals surface area contributed by atoms with Crippen LogP contribution in [0, 0.1) is 0 Å². The van der Waals surface area contributed by atoms with Gasteiger partial charge >= 0.3 is 0 Å². The molecule has 2 aromatic rings. The molecule has 1 fully saturated rings. The highest BCUT2D eigenvalue weighted by molar-refractivity contribution is 5.97. The Morgan fingerprint density at radius 3 is 2.31 bits per heavy atom. The number of amides is 2. The van der Waals surface area contributed by atoms with Crippen LogP contribution in [0.5, 0.6) is 0 Å². The number of benzene rings is 2. The lowest BCUT2D eigenvalue weighted by molar-refractivity contribution is -0.117. The highest BCUT2D eigenvalue weighted by Crippen LogP contribution is 2.26. The second-order valence-corrected chi connectivity index (χ2v) is 7.91. The molecule has 5 nitrogen and oxygen atoms in total. The lowest BCUT2D eigenvalue weighted by Gasteiger charge is -2.29. The van der Waals surface area contributed by atoms with Gasteiger partial charge in [-0.1, -0.05) is 31.0 Å². The molecule has 29 heavy (non-hydrogen) atoms. The van der Waals surface area contributed by atoms with Crippen LogP contribution in [0.3, 0.4) is 0 Å². The summed E-state index contributed by atoms with van der Waals surface area (Å²) in [6, 6.07) is 15.6. The molecular weight excluding hydrogens is 362 g/mol. The zero-order chi connectivity index (χ0) is 20.1. The van der Waals surface area contributed by atoms with Crippen molar-refractivity contribution in [2.45, 2.75) is 38.5 Å². The summed E-state index contributed by atoms with van der Waals surface area (Å²) in [6.45, 7) is 2.71. The molecule has 0 unspecified atom stereocenters. The molecule has 2 aromatic carbocycles. The van der Waals surface area contributed by atoms with Gasteiger partial charge in [-0.15, -0.1) is 0 Å². The van der Waals surface area contributed by atoms with Crippen LogP contribution >= 0.6 is 0 Å². The summed E-state index contributed by atoms with van der Waals surface area (Å²) in [4.78, 5) is 29.3. The van der Waals surface area contributed by atoms with Gasteiger partial charge < -0.3 is 15.1 Å². The average molecular weight is 392 g/mol. The molecule has 0 bridgehead atoms. The highest BCUT2D eigenvalue weighted by atomic mass is 16.2. The van der Waals surface area contributed by atoms with E-state index in [9.17, 15) is 9.59 Å². The summed E-state index contributed by atoms with van der Waals surface area (Å²) in [5.41, 5.74) is 3.84. The third-order valence-electron chi connectivity index (χ3n) is 5.88. The number of rotatable bonds is 4. The van der Waals surface area contributed by atoms with Gasteiger partial charge in [0.05, 0.1) is 6.54 Å². The molecule has 1 saturated heterocycles. The lowest BCUT2D eigenvalue weighted by Crippen LogP contribution is -2.39. The van der Waals surface area contributed by atoms with Crippen LogP contribution in [-0.4, -0.2) is 42.9 Å². The Kier molecular flexibility index (Phi) is 6.13. The fourth-order valence-electron chi connectivity index (χ4n) is 4.25. The van der Waals surface area contributed by atoms with Crippen LogP contribution in [0.2, 0.25) is 0 Å². The van der Waals surface area contributed by atoms with E-state index in [0.29, 0.717) is 5.56 Å². The summed E-state index contributed by atoms with van der Waals surface area (Å²) in [7, 11) is 0. The number of likely N-dealkylation sites (tertiary alicyclic amines) is 1. The SMILES string of the molecule is O=C(c1ccc(NCC(=O)N2CCCc3ccccc32)cc1)N1CCCCCC1. The van der Waals surface area contributed by atoms with E-state index in [2.05, 4.69) is 11.4 Å². The van der Waals surface area contributed by atoms with E-state index in [4.69, 9.17) is 0 Å². The predicted octanol–water partition coefficient (Wildman–Crippen LogP) is 4.09.